The lowest BCUT2D eigenvalue weighted by atomic mass is 10.1. The molecule has 0 atom stereocenters. The number of carbonyl (C=O) groups excluding carboxylic acids is 1. The van der Waals surface area contributed by atoms with Crippen molar-refractivity contribution in [3.63, 3.8) is 0 Å². The second-order valence-corrected chi connectivity index (χ2v) is 8.47. The molecule has 2 fully saturated rings. The second kappa shape index (κ2) is 8.29. The number of piperazine rings is 1. The summed E-state index contributed by atoms with van der Waals surface area (Å²) < 4.78 is 23.0. The number of nitrogens with zero attached hydrogens (tertiary/aromatic N) is 2. The van der Waals surface area contributed by atoms with Crippen molar-refractivity contribution in [3.05, 3.63) is 35.4 Å². The number of hydrogen-bond acceptors (Lipinski definition) is 5. The molecular weight excluding hydrogens is 350 g/mol. The number of carbonyl (C=O) groups is 1. The first-order valence-electron chi connectivity index (χ1n) is 8.05. The Morgan fingerprint density at radius 2 is 1.75 bits per heavy atom. The van der Waals surface area contributed by atoms with Crippen LogP contribution in [0.5, 0.6) is 0 Å². The molecule has 0 aliphatic carbocycles. The molecule has 2 heterocycles. The van der Waals surface area contributed by atoms with Gasteiger partial charge in [-0.25, -0.2) is 8.42 Å². The van der Waals surface area contributed by atoms with Gasteiger partial charge in [-0.3, -0.25) is 9.69 Å². The minimum atomic E-state index is -2.85. The summed E-state index contributed by atoms with van der Waals surface area (Å²) in [5.74, 6) is 0.535. The first kappa shape index (κ1) is 19.2. The highest BCUT2D eigenvalue weighted by Gasteiger charge is 2.22. The Morgan fingerprint density at radius 1 is 1.08 bits per heavy atom. The summed E-state index contributed by atoms with van der Waals surface area (Å²) in [4.78, 5) is 16.5. The van der Waals surface area contributed by atoms with Gasteiger partial charge in [-0.1, -0.05) is 12.1 Å². The van der Waals surface area contributed by atoms with Crippen LogP contribution in [0.3, 0.4) is 0 Å². The third-order valence-corrected chi connectivity index (χ3v) is 6.03. The molecule has 0 radical (unpaired) electrons. The summed E-state index contributed by atoms with van der Waals surface area (Å²) in [7, 11) is -2.85. The summed E-state index contributed by atoms with van der Waals surface area (Å²) in [6.07, 6.45) is 0. The first-order chi connectivity index (χ1) is 11.0. The van der Waals surface area contributed by atoms with Gasteiger partial charge in [-0.05, 0) is 17.7 Å². The summed E-state index contributed by atoms with van der Waals surface area (Å²) in [5, 5.41) is 3.24. The molecule has 24 heavy (non-hydrogen) atoms. The van der Waals surface area contributed by atoms with Crippen molar-refractivity contribution < 1.29 is 13.2 Å². The Bertz CT molecular complexity index is 661. The van der Waals surface area contributed by atoms with E-state index in [0.717, 1.165) is 31.7 Å². The predicted molar refractivity (Wildman–Crippen MR) is 96.4 cm³/mol. The highest BCUT2D eigenvalue weighted by Crippen LogP contribution is 2.13. The molecule has 0 spiro atoms. The van der Waals surface area contributed by atoms with Crippen molar-refractivity contribution in [2.75, 3.05) is 50.8 Å². The topological polar surface area (TPSA) is 69.7 Å². The maximum atomic E-state index is 12.5. The summed E-state index contributed by atoms with van der Waals surface area (Å²) >= 11 is 0. The zero-order valence-electron chi connectivity index (χ0n) is 13.6. The van der Waals surface area contributed by atoms with E-state index in [0.29, 0.717) is 25.2 Å². The van der Waals surface area contributed by atoms with Crippen LogP contribution in [0, 0.1) is 0 Å². The van der Waals surface area contributed by atoms with E-state index in [1.54, 1.807) is 0 Å². The van der Waals surface area contributed by atoms with Gasteiger partial charge in [0.15, 0.2) is 9.84 Å². The normalized spacial score (nSPS) is 21.1. The van der Waals surface area contributed by atoms with Crippen LogP contribution in [-0.2, 0) is 16.4 Å². The van der Waals surface area contributed by atoms with Gasteiger partial charge < -0.3 is 10.2 Å². The Hall–Kier alpha value is -1.15. The van der Waals surface area contributed by atoms with E-state index in [2.05, 4.69) is 10.2 Å². The van der Waals surface area contributed by atoms with Gasteiger partial charge in [0.1, 0.15) is 0 Å². The molecule has 1 N–H and O–H groups in total. The van der Waals surface area contributed by atoms with Crippen molar-refractivity contribution >= 4 is 28.2 Å². The largest absolute Gasteiger partial charge is 0.336 e. The Kier molecular flexibility index (Phi) is 6.62. The third kappa shape index (κ3) is 4.92. The Labute approximate surface area is 149 Å². The average Bonchev–Trinajstić information content (AvgIpc) is 2.57. The van der Waals surface area contributed by atoms with Crippen LogP contribution in [0.2, 0.25) is 0 Å². The fourth-order valence-corrected chi connectivity index (χ4v) is 4.30. The quantitative estimate of drug-likeness (QED) is 0.829. The van der Waals surface area contributed by atoms with Gasteiger partial charge in [-0.15, -0.1) is 12.4 Å². The monoisotopic (exact) mass is 373 g/mol. The minimum absolute atomic E-state index is 0. The summed E-state index contributed by atoms with van der Waals surface area (Å²) in [6.45, 7) is 5.00. The maximum absolute atomic E-state index is 12.5. The zero-order chi connectivity index (χ0) is 16.3. The highest BCUT2D eigenvalue weighted by molar-refractivity contribution is 7.91. The van der Waals surface area contributed by atoms with E-state index in [1.807, 2.05) is 29.2 Å². The van der Waals surface area contributed by atoms with E-state index in [1.165, 1.54) is 0 Å². The first-order valence-corrected chi connectivity index (χ1v) is 9.87. The molecule has 2 saturated heterocycles. The van der Waals surface area contributed by atoms with E-state index in [4.69, 9.17) is 0 Å². The molecule has 0 unspecified atom stereocenters. The molecule has 0 saturated carbocycles. The lowest BCUT2D eigenvalue weighted by Crippen LogP contribution is -2.46. The SMILES string of the molecule is Cl.O=C(c1cccc(CN2CCS(=O)(=O)CC2)c1)N1CCNCC1. The second-order valence-electron chi connectivity index (χ2n) is 6.17. The summed E-state index contributed by atoms with van der Waals surface area (Å²) in [5.41, 5.74) is 1.78. The van der Waals surface area contributed by atoms with Crippen LogP contribution in [0.15, 0.2) is 24.3 Å². The molecule has 2 aliphatic rings. The third-order valence-electron chi connectivity index (χ3n) is 4.42. The van der Waals surface area contributed by atoms with Crippen LogP contribution in [0.25, 0.3) is 0 Å². The molecule has 134 valence electrons. The van der Waals surface area contributed by atoms with Crippen LogP contribution in [0.4, 0.5) is 0 Å². The van der Waals surface area contributed by atoms with Crippen molar-refractivity contribution in [1.82, 2.24) is 15.1 Å². The molecule has 2 aliphatic heterocycles. The number of sulfone groups is 1. The Morgan fingerprint density at radius 3 is 2.42 bits per heavy atom. The van der Waals surface area contributed by atoms with Crippen LogP contribution in [0.1, 0.15) is 15.9 Å². The van der Waals surface area contributed by atoms with E-state index >= 15 is 0 Å². The van der Waals surface area contributed by atoms with Crippen molar-refractivity contribution in [3.8, 4) is 0 Å². The van der Waals surface area contributed by atoms with Gasteiger partial charge in [-0.2, -0.15) is 0 Å². The van der Waals surface area contributed by atoms with Gasteiger partial charge in [0.2, 0.25) is 0 Å². The van der Waals surface area contributed by atoms with Crippen molar-refractivity contribution in [1.29, 1.82) is 0 Å². The number of nitrogens with one attached hydrogen (secondary N) is 1. The van der Waals surface area contributed by atoms with E-state index < -0.39 is 9.84 Å². The maximum Gasteiger partial charge on any atom is 0.253 e. The fraction of sp³-hybridized carbons (Fsp3) is 0.562. The average molecular weight is 374 g/mol. The predicted octanol–water partition coefficient (Wildman–Crippen LogP) is 0.384. The van der Waals surface area contributed by atoms with Crippen molar-refractivity contribution in [2.45, 2.75) is 6.54 Å². The van der Waals surface area contributed by atoms with Crippen molar-refractivity contribution in [2.24, 2.45) is 0 Å². The number of hydrogen-bond donors (Lipinski definition) is 1. The summed E-state index contributed by atoms with van der Waals surface area (Å²) in [6, 6.07) is 7.70. The number of rotatable bonds is 3. The van der Waals surface area contributed by atoms with Gasteiger partial charge in [0.25, 0.3) is 5.91 Å². The molecule has 1 amide bonds. The molecule has 3 rings (SSSR count). The highest BCUT2D eigenvalue weighted by atomic mass is 35.5. The molecule has 0 bridgehead atoms. The van der Waals surface area contributed by atoms with Gasteiger partial charge in [0.05, 0.1) is 11.5 Å². The number of amides is 1. The van der Waals surface area contributed by atoms with Gasteiger partial charge in [0, 0.05) is 51.4 Å². The lowest BCUT2D eigenvalue weighted by molar-refractivity contribution is 0.0735. The molecule has 0 aromatic heterocycles. The lowest BCUT2D eigenvalue weighted by Gasteiger charge is -2.28. The van der Waals surface area contributed by atoms with Gasteiger partial charge >= 0.3 is 0 Å². The standard InChI is InChI=1S/C16H23N3O3S.ClH/c20-16(19-6-4-17-5-7-19)15-3-1-2-14(12-15)13-18-8-10-23(21,22)11-9-18;/h1-3,12,17H,4-11,13H2;1H. The molecule has 6 nitrogen and oxygen atoms in total. The van der Waals surface area contributed by atoms with E-state index in [-0.39, 0.29) is 29.8 Å². The molecular formula is C16H24ClN3O3S. The number of halogens is 1. The smallest absolute Gasteiger partial charge is 0.253 e. The molecule has 1 aromatic rings. The number of benzene rings is 1. The van der Waals surface area contributed by atoms with Crippen LogP contribution >= 0.6 is 12.4 Å². The van der Waals surface area contributed by atoms with Crippen LogP contribution in [-0.4, -0.2) is 74.9 Å². The molecule has 8 heteroatoms. The Balaban J connectivity index is 0.00000208. The van der Waals surface area contributed by atoms with E-state index in [9.17, 15) is 13.2 Å². The van der Waals surface area contributed by atoms with Crippen LogP contribution < -0.4 is 5.32 Å². The fourth-order valence-electron chi connectivity index (χ4n) is 3.02. The zero-order valence-corrected chi connectivity index (χ0v) is 15.2. The molecule has 1 aromatic carbocycles. The minimum Gasteiger partial charge on any atom is -0.336 e.